The quantitative estimate of drug-likeness (QED) is 0.786. The number of likely N-dealkylation sites (N-methyl/N-ethyl adjacent to an activating group) is 1. The molecule has 0 aliphatic carbocycles. The molecule has 0 saturated carbocycles. The first-order chi connectivity index (χ1) is 9.32. The van der Waals surface area contributed by atoms with Gasteiger partial charge >= 0.3 is 5.97 Å². The molecule has 2 heterocycles. The van der Waals surface area contributed by atoms with Gasteiger partial charge in [0, 0.05) is 26.3 Å². The van der Waals surface area contributed by atoms with Crippen molar-refractivity contribution < 1.29 is 23.1 Å². The Bertz CT molecular complexity index is 641. The van der Waals surface area contributed by atoms with Crippen LogP contribution in [0.1, 0.15) is 10.4 Å². The summed E-state index contributed by atoms with van der Waals surface area (Å²) in [6.07, 6.45) is 0.979. The molecule has 1 aromatic rings. The normalized spacial score (nSPS) is 17.2. The van der Waals surface area contributed by atoms with Crippen LogP contribution in [-0.2, 0) is 14.8 Å². The first kappa shape index (κ1) is 14.4. The first-order valence-corrected chi connectivity index (χ1v) is 7.20. The van der Waals surface area contributed by atoms with Crippen molar-refractivity contribution in [3.63, 3.8) is 0 Å². The highest BCUT2D eigenvalue weighted by Crippen LogP contribution is 2.16. The van der Waals surface area contributed by atoms with E-state index in [-0.39, 0.29) is 29.6 Å². The van der Waals surface area contributed by atoms with Gasteiger partial charge in [-0.3, -0.25) is 4.79 Å². The minimum atomic E-state index is -3.88. The average Bonchev–Trinajstić information content (AvgIpc) is 2.41. The molecule has 0 aromatic carbocycles. The SMILES string of the molecule is CN1CCN(S(=O)(=O)c2ccc(C(=O)O)cn2)CC1=O. The number of aromatic nitrogens is 1. The predicted molar refractivity (Wildman–Crippen MR) is 67.6 cm³/mol. The zero-order valence-electron chi connectivity index (χ0n) is 10.7. The maximum atomic E-state index is 12.3. The molecule has 0 unspecified atom stereocenters. The van der Waals surface area contributed by atoms with Crippen LogP contribution in [0.15, 0.2) is 23.4 Å². The number of piperazine rings is 1. The summed E-state index contributed by atoms with van der Waals surface area (Å²) in [4.78, 5) is 27.3. The van der Waals surface area contributed by atoms with Crippen LogP contribution in [0.3, 0.4) is 0 Å². The number of amides is 1. The molecule has 2 rings (SSSR count). The monoisotopic (exact) mass is 299 g/mol. The van der Waals surface area contributed by atoms with Gasteiger partial charge in [-0.15, -0.1) is 0 Å². The van der Waals surface area contributed by atoms with Crippen LogP contribution in [0.5, 0.6) is 0 Å². The number of hydrogen-bond donors (Lipinski definition) is 1. The lowest BCUT2D eigenvalue weighted by Crippen LogP contribution is -2.50. The summed E-state index contributed by atoms with van der Waals surface area (Å²) in [7, 11) is -2.28. The van der Waals surface area contributed by atoms with Gasteiger partial charge in [-0.05, 0) is 12.1 Å². The lowest BCUT2D eigenvalue weighted by Gasteiger charge is -2.30. The molecule has 8 nitrogen and oxygen atoms in total. The van der Waals surface area contributed by atoms with E-state index >= 15 is 0 Å². The smallest absolute Gasteiger partial charge is 0.337 e. The van der Waals surface area contributed by atoms with Crippen LogP contribution >= 0.6 is 0 Å². The predicted octanol–water partition coefficient (Wildman–Crippen LogP) is -0.757. The van der Waals surface area contributed by atoms with Crippen LogP contribution in [0.25, 0.3) is 0 Å². The lowest BCUT2D eigenvalue weighted by atomic mass is 10.3. The van der Waals surface area contributed by atoms with E-state index in [1.165, 1.54) is 11.0 Å². The van der Waals surface area contributed by atoms with Gasteiger partial charge < -0.3 is 10.0 Å². The molecule has 0 radical (unpaired) electrons. The summed E-state index contributed by atoms with van der Waals surface area (Å²) in [5, 5.41) is 8.48. The maximum absolute atomic E-state index is 12.3. The Morgan fingerprint density at radius 2 is 2.05 bits per heavy atom. The Kier molecular flexibility index (Phi) is 3.73. The van der Waals surface area contributed by atoms with E-state index in [2.05, 4.69) is 4.98 Å². The van der Waals surface area contributed by atoms with E-state index < -0.39 is 16.0 Å². The van der Waals surface area contributed by atoms with Gasteiger partial charge in [0.2, 0.25) is 5.91 Å². The number of pyridine rings is 1. The molecular formula is C11H13N3O5S. The van der Waals surface area contributed by atoms with Crippen LogP contribution in [0.4, 0.5) is 0 Å². The van der Waals surface area contributed by atoms with Crippen LogP contribution in [0, 0.1) is 0 Å². The average molecular weight is 299 g/mol. The molecule has 1 fully saturated rings. The molecule has 1 amide bonds. The minimum absolute atomic E-state index is 0.0987. The number of carboxylic acids is 1. The van der Waals surface area contributed by atoms with E-state index in [1.54, 1.807) is 7.05 Å². The Labute approximate surface area is 115 Å². The number of hydrogen-bond acceptors (Lipinski definition) is 5. The fourth-order valence-corrected chi connectivity index (χ4v) is 3.03. The molecule has 9 heteroatoms. The van der Waals surface area contributed by atoms with Gasteiger partial charge in [-0.25, -0.2) is 18.2 Å². The molecule has 0 atom stereocenters. The summed E-state index contributed by atoms with van der Waals surface area (Å²) in [6.45, 7) is 0.263. The summed E-state index contributed by atoms with van der Waals surface area (Å²) in [5.41, 5.74) is -0.0987. The first-order valence-electron chi connectivity index (χ1n) is 5.76. The highest BCUT2D eigenvalue weighted by atomic mass is 32.2. The molecule has 1 saturated heterocycles. The summed E-state index contributed by atoms with van der Waals surface area (Å²) < 4.78 is 25.6. The topological polar surface area (TPSA) is 108 Å². The van der Waals surface area contributed by atoms with Crippen molar-refractivity contribution in [3.05, 3.63) is 23.9 Å². The summed E-state index contributed by atoms with van der Waals surface area (Å²) >= 11 is 0. The number of carbonyl (C=O) groups is 2. The third-order valence-corrected chi connectivity index (χ3v) is 4.77. The van der Waals surface area contributed by atoms with Crippen molar-refractivity contribution in [1.82, 2.24) is 14.2 Å². The second kappa shape index (κ2) is 5.17. The zero-order valence-corrected chi connectivity index (χ0v) is 11.5. The minimum Gasteiger partial charge on any atom is -0.478 e. The van der Waals surface area contributed by atoms with Gasteiger partial charge in [0.05, 0.1) is 12.1 Å². The van der Waals surface area contributed by atoms with E-state index in [1.807, 2.05) is 0 Å². The molecule has 1 aliphatic rings. The van der Waals surface area contributed by atoms with E-state index in [4.69, 9.17) is 5.11 Å². The number of rotatable bonds is 3. The molecule has 20 heavy (non-hydrogen) atoms. The number of carbonyl (C=O) groups excluding carboxylic acids is 1. The van der Waals surface area contributed by atoms with Gasteiger partial charge in [-0.1, -0.05) is 0 Å². The van der Waals surface area contributed by atoms with Gasteiger partial charge in [0.25, 0.3) is 10.0 Å². The Balaban J connectivity index is 2.26. The number of carboxylic acid groups (broad SMARTS) is 1. The van der Waals surface area contributed by atoms with E-state index in [9.17, 15) is 18.0 Å². The van der Waals surface area contributed by atoms with Crippen LogP contribution in [-0.4, -0.2) is 66.3 Å². The fraction of sp³-hybridized carbons (Fsp3) is 0.364. The second-order valence-corrected chi connectivity index (χ2v) is 6.23. The second-order valence-electron chi connectivity index (χ2n) is 4.34. The van der Waals surface area contributed by atoms with Crippen molar-refractivity contribution in [3.8, 4) is 0 Å². The van der Waals surface area contributed by atoms with Gasteiger partial charge in [-0.2, -0.15) is 4.31 Å². The molecular weight excluding hydrogens is 286 g/mol. The van der Waals surface area contributed by atoms with E-state index in [0.29, 0.717) is 6.54 Å². The third-order valence-electron chi connectivity index (χ3n) is 3.01. The van der Waals surface area contributed by atoms with E-state index in [0.717, 1.165) is 16.6 Å². The summed E-state index contributed by atoms with van der Waals surface area (Å²) in [6, 6.07) is 2.29. The van der Waals surface area contributed by atoms with Crippen LogP contribution in [0.2, 0.25) is 0 Å². The highest BCUT2D eigenvalue weighted by molar-refractivity contribution is 7.89. The molecule has 108 valence electrons. The Morgan fingerprint density at radius 1 is 1.35 bits per heavy atom. The number of nitrogens with zero attached hydrogens (tertiary/aromatic N) is 3. The van der Waals surface area contributed by atoms with Crippen molar-refractivity contribution in [1.29, 1.82) is 0 Å². The molecule has 0 spiro atoms. The number of sulfonamides is 1. The fourth-order valence-electron chi connectivity index (χ4n) is 1.73. The third kappa shape index (κ3) is 2.63. The number of aromatic carboxylic acids is 1. The maximum Gasteiger partial charge on any atom is 0.337 e. The lowest BCUT2D eigenvalue weighted by molar-refractivity contribution is -0.132. The molecule has 1 aromatic heterocycles. The standard InChI is InChI=1S/C11H13N3O5S/c1-13-4-5-14(7-10(13)15)20(18,19)9-3-2-8(6-12-9)11(16)17/h2-3,6H,4-5,7H2,1H3,(H,16,17). The molecule has 0 bridgehead atoms. The highest BCUT2D eigenvalue weighted by Gasteiger charge is 2.32. The van der Waals surface area contributed by atoms with Gasteiger partial charge in [0.1, 0.15) is 0 Å². The molecule has 1 aliphatic heterocycles. The van der Waals surface area contributed by atoms with Crippen LogP contribution < -0.4 is 0 Å². The Morgan fingerprint density at radius 3 is 2.55 bits per heavy atom. The zero-order chi connectivity index (χ0) is 14.9. The van der Waals surface area contributed by atoms with Crippen molar-refractivity contribution >= 4 is 21.9 Å². The van der Waals surface area contributed by atoms with Crippen molar-refractivity contribution in [2.75, 3.05) is 26.7 Å². The van der Waals surface area contributed by atoms with Gasteiger partial charge in [0.15, 0.2) is 5.03 Å². The largest absolute Gasteiger partial charge is 0.478 e. The Hall–Kier alpha value is -2.00. The summed E-state index contributed by atoms with van der Waals surface area (Å²) in [5.74, 6) is -1.47. The molecule has 1 N–H and O–H groups in total. The van der Waals surface area contributed by atoms with Crippen molar-refractivity contribution in [2.45, 2.75) is 5.03 Å². The van der Waals surface area contributed by atoms with Crippen molar-refractivity contribution in [2.24, 2.45) is 0 Å².